The van der Waals surface area contributed by atoms with Crippen LogP contribution in [0.3, 0.4) is 0 Å². The lowest BCUT2D eigenvalue weighted by Gasteiger charge is -2.20. The molecule has 21 heavy (non-hydrogen) atoms. The molecule has 0 fully saturated rings. The van der Waals surface area contributed by atoms with Gasteiger partial charge < -0.3 is 14.6 Å². The summed E-state index contributed by atoms with van der Waals surface area (Å²) < 4.78 is 5.34. The number of anilines is 1. The molecule has 3 nitrogen and oxygen atoms in total. The van der Waals surface area contributed by atoms with Crippen molar-refractivity contribution in [3.8, 4) is 0 Å². The lowest BCUT2D eigenvalue weighted by Crippen LogP contribution is -2.22. The summed E-state index contributed by atoms with van der Waals surface area (Å²) >= 11 is 6.38. The van der Waals surface area contributed by atoms with E-state index in [0.717, 1.165) is 35.1 Å². The van der Waals surface area contributed by atoms with Crippen LogP contribution in [0.4, 0.5) is 5.69 Å². The Morgan fingerprint density at radius 2 is 2.00 bits per heavy atom. The van der Waals surface area contributed by atoms with Crippen molar-refractivity contribution in [2.45, 2.75) is 39.9 Å². The van der Waals surface area contributed by atoms with Crippen LogP contribution in [0.1, 0.15) is 30.7 Å². The molecule has 0 unspecified atom stereocenters. The van der Waals surface area contributed by atoms with Gasteiger partial charge in [0.2, 0.25) is 0 Å². The van der Waals surface area contributed by atoms with Crippen molar-refractivity contribution >= 4 is 17.3 Å². The lowest BCUT2D eigenvalue weighted by atomic mass is 10.1. The van der Waals surface area contributed by atoms with E-state index < -0.39 is 0 Å². The molecule has 0 saturated carbocycles. The number of halogens is 1. The maximum Gasteiger partial charge on any atom is 0.105 e. The minimum absolute atomic E-state index is 0.451. The first-order chi connectivity index (χ1) is 9.97. The summed E-state index contributed by atoms with van der Waals surface area (Å²) in [4.78, 5) is 2.17. The van der Waals surface area contributed by atoms with Crippen molar-refractivity contribution in [3.63, 3.8) is 0 Å². The van der Waals surface area contributed by atoms with E-state index in [1.165, 1.54) is 5.56 Å². The van der Waals surface area contributed by atoms with Crippen molar-refractivity contribution in [2.75, 3.05) is 11.9 Å². The molecule has 1 aromatic heterocycles. The number of furan rings is 1. The summed E-state index contributed by atoms with van der Waals surface area (Å²) in [5, 5.41) is 4.19. The van der Waals surface area contributed by atoms with Gasteiger partial charge in [-0.05, 0) is 30.7 Å². The smallest absolute Gasteiger partial charge is 0.105 e. The SMILES string of the molecule is Cc1occc1CN(C)c1ccc(CNC(C)C)c(Cl)c1. The number of benzene rings is 1. The van der Waals surface area contributed by atoms with Crippen LogP contribution < -0.4 is 10.2 Å². The number of nitrogens with one attached hydrogen (secondary N) is 1. The Bertz CT molecular complexity index is 592. The molecule has 0 aliphatic rings. The van der Waals surface area contributed by atoms with Crippen LogP contribution in [-0.2, 0) is 13.1 Å². The Hall–Kier alpha value is -1.45. The number of hydrogen-bond acceptors (Lipinski definition) is 3. The maximum absolute atomic E-state index is 6.38. The number of nitrogens with zero attached hydrogens (tertiary/aromatic N) is 1. The molecule has 1 heterocycles. The van der Waals surface area contributed by atoms with E-state index in [0.29, 0.717) is 6.04 Å². The van der Waals surface area contributed by atoms with E-state index in [-0.39, 0.29) is 0 Å². The van der Waals surface area contributed by atoms with Gasteiger partial charge in [0.15, 0.2) is 0 Å². The second-order valence-corrected chi connectivity index (χ2v) is 6.08. The fourth-order valence-electron chi connectivity index (χ4n) is 2.15. The van der Waals surface area contributed by atoms with Gasteiger partial charge in [0, 0.05) is 42.5 Å². The second-order valence-electron chi connectivity index (χ2n) is 5.67. The van der Waals surface area contributed by atoms with Crippen molar-refractivity contribution in [3.05, 3.63) is 52.4 Å². The Morgan fingerprint density at radius 3 is 2.57 bits per heavy atom. The molecule has 0 radical (unpaired) electrons. The Labute approximate surface area is 131 Å². The molecule has 0 saturated heterocycles. The Balaban J connectivity index is 2.06. The van der Waals surface area contributed by atoms with Gasteiger partial charge in [-0.2, -0.15) is 0 Å². The van der Waals surface area contributed by atoms with Crippen LogP contribution in [0.2, 0.25) is 5.02 Å². The summed E-state index contributed by atoms with van der Waals surface area (Å²) in [6, 6.07) is 8.68. The van der Waals surface area contributed by atoms with Crippen LogP contribution in [0.5, 0.6) is 0 Å². The van der Waals surface area contributed by atoms with E-state index in [2.05, 4.69) is 43.2 Å². The summed E-state index contributed by atoms with van der Waals surface area (Å²) in [5.74, 6) is 0.964. The van der Waals surface area contributed by atoms with Gasteiger partial charge >= 0.3 is 0 Å². The zero-order valence-corrected chi connectivity index (χ0v) is 13.9. The quantitative estimate of drug-likeness (QED) is 0.858. The van der Waals surface area contributed by atoms with Crippen LogP contribution in [0.15, 0.2) is 34.9 Å². The number of aryl methyl sites for hydroxylation is 1. The third-order valence-electron chi connectivity index (χ3n) is 3.55. The summed E-state index contributed by atoms with van der Waals surface area (Å²) in [5.41, 5.74) is 3.43. The molecule has 0 aliphatic heterocycles. The van der Waals surface area contributed by atoms with Crippen LogP contribution in [0, 0.1) is 6.92 Å². The molecule has 4 heteroatoms. The van der Waals surface area contributed by atoms with Gasteiger partial charge in [-0.1, -0.05) is 31.5 Å². The fraction of sp³-hybridized carbons (Fsp3) is 0.412. The molecule has 2 aromatic rings. The van der Waals surface area contributed by atoms with Crippen LogP contribution in [-0.4, -0.2) is 13.1 Å². The Kier molecular flexibility index (Phi) is 5.32. The molecule has 114 valence electrons. The van der Waals surface area contributed by atoms with E-state index >= 15 is 0 Å². The minimum atomic E-state index is 0.451. The first-order valence-corrected chi connectivity index (χ1v) is 7.61. The molecule has 0 aliphatic carbocycles. The van der Waals surface area contributed by atoms with Gasteiger partial charge in [0.25, 0.3) is 0 Å². The van der Waals surface area contributed by atoms with Gasteiger partial charge in [-0.3, -0.25) is 0 Å². The average molecular weight is 307 g/mol. The third-order valence-corrected chi connectivity index (χ3v) is 3.90. The van der Waals surface area contributed by atoms with Gasteiger partial charge in [-0.15, -0.1) is 0 Å². The molecule has 0 spiro atoms. The third kappa shape index (κ3) is 4.26. The zero-order chi connectivity index (χ0) is 15.4. The summed E-state index contributed by atoms with van der Waals surface area (Å²) in [6.45, 7) is 7.84. The van der Waals surface area contributed by atoms with Crippen LogP contribution in [0.25, 0.3) is 0 Å². The van der Waals surface area contributed by atoms with E-state index in [4.69, 9.17) is 16.0 Å². The van der Waals surface area contributed by atoms with Gasteiger partial charge in [0.05, 0.1) is 6.26 Å². The average Bonchev–Trinajstić information content (AvgIpc) is 2.82. The molecule has 1 aromatic carbocycles. The highest BCUT2D eigenvalue weighted by molar-refractivity contribution is 6.31. The van der Waals surface area contributed by atoms with Crippen molar-refractivity contribution in [1.29, 1.82) is 0 Å². The Morgan fingerprint density at radius 1 is 1.24 bits per heavy atom. The summed E-state index contributed by atoms with van der Waals surface area (Å²) in [7, 11) is 2.06. The largest absolute Gasteiger partial charge is 0.469 e. The molecule has 0 amide bonds. The van der Waals surface area contributed by atoms with Gasteiger partial charge in [-0.25, -0.2) is 0 Å². The lowest BCUT2D eigenvalue weighted by molar-refractivity contribution is 0.529. The van der Waals surface area contributed by atoms with Crippen molar-refractivity contribution < 1.29 is 4.42 Å². The monoisotopic (exact) mass is 306 g/mol. The highest BCUT2D eigenvalue weighted by Crippen LogP contribution is 2.25. The summed E-state index contributed by atoms with van der Waals surface area (Å²) in [6.07, 6.45) is 1.73. The molecule has 0 bridgehead atoms. The number of rotatable bonds is 6. The highest BCUT2D eigenvalue weighted by Gasteiger charge is 2.09. The van der Waals surface area contributed by atoms with Crippen LogP contribution >= 0.6 is 11.6 Å². The first-order valence-electron chi connectivity index (χ1n) is 7.23. The zero-order valence-electron chi connectivity index (χ0n) is 13.1. The van der Waals surface area contributed by atoms with Crippen molar-refractivity contribution in [2.24, 2.45) is 0 Å². The predicted molar refractivity (Wildman–Crippen MR) is 89.0 cm³/mol. The van der Waals surface area contributed by atoms with E-state index in [9.17, 15) is 0 Å². The first kappa shape index (κ1) is 15.9. The van der Waals surface area contributed by atoms with E-state index in [1.807, 2.05) is 19.1 Å². The van der Waals surface area contributed by atoms with Crippen molar-refractivity contribution in [1.82, 2.24) is 5.32 Å². The molecular weight excluding hydrogens is 284 g/mol. The number of hydrogen-bond donors (Lipinski definition) is 1. The topological polar surface area (TPSA) is 28.4 Å². The normalized spacial score (nSPS) is 11.1. The molecule has 2 rings (SSSR count). The maximum atomic E-state index is 6.38. The fourth-order valence-corrected chi connectivity index (χ4v) is 2.39. The molecule has 0 atom stereocenters. The predicted octanol–water partition coefficient (Wildman–Crippen LogP) is 4.38. The van der Waals surface area contributed by atoms with E-state index in [1.54, 1.807) is 6.26 Å². The standard InChI is InChI=1S/C17H23ClN2O/c1-12(2)19-10-14-5-6-16(9-17(14)18)20(4)11-15-7-8-21-13(15)3/h5-9,12,19H,10-11H2,1-4H3. The second kappa shape index (κ2) is 7.01. The molecule has 1 N–H and O–H groups in total. The van der Waals surface area contributed by atoms with Gasteiger partial charge in [0.1, 0.15) is 5.76 Å². The minimum Gasteiger partial charge on any atom is -0.469 e. The highest BCUT2D eigenvalue weighted by atomic mass is 35.5. The molecular formula is C17H23ClN2O.